The third-order valence-corrected chi connectivity index (χ3v) is 8.17. The Morgan fingerprint density at radius 2 is 1.84 bits per heavy atom. The highest BCUT2D eigenvalue weighted by Gasteiger charge is 2.37. The van der Waals surface area contributed by atoms with Gasteiger partial charge in [0.1, 0.15) is 6.04 Å². The Kier molecular flexibility index (Phi) is 8.98. The van der Waals surface area contributed by atoms with Crippen molar-refractivity contribution in [3.63, 3.8) is 0 Å². The molecule has 0 aliphatic carbocycles. The van der Waals surface area contributed by atoms with Gasteiger partial charge in [0, 0.05) is 46.8 Å². The average Bonchev–Trinajstić information content (AvgIpc) is 3.42. The van der Waals surface area contributed by atoms with E-state index in [1.54, 1.807) is 11.0 Å². The summed E-state index contributed by atoms with van der Waals surface area (Å²) in [5.74, 6) is -0.565. The van der Waals surface area contributed by atoms with E-state index < -0.39 is 29.7 Å². The van der Waals surface area contributed by atoms with Crippen molar-refractivity contribution in [2.24, 2.45) is 5.92 Å². The predicted molar refractivity (Wildman–Crippen MR) is 162 cm³/mol. The summed E-state index contributed by atoms with van der Waals surface area (Å²) in [5, 5.41) is 10.3. The van der Waals surface area contributed by atoms with Gasteiger partial charge in [-0.3, -0.25) is 4.79 Å². The van der Waals surface area contributed by atoms with Crippen LogP contribution in [-0.4, -0.2) is 43.1 Å². The molecule has 3 amide bonds. The summed E-state index contributed by atoms with van der Waals surface area (Å²) in [4.78, 5) is 32.6. The highest BCUT2D eigenvalue weighted by atomic mass is 35.5. The molecule has 3 aromatic carbocycles. The normalized spacial score (nSPS) is 16.4. The monoisotopic (exact) mass is 611 g/mol. The number of amides is 3. The summed E-state index contributed by atoms with van der Waals surface area (Å²) in [6.45, 7) is 3.04. The zero-order chi connectivity index (χ0) is 30.7. The Bertz CT molecular complexity index is 1600. The van der Waals surface area contributed by atoms with Crippen molar-refractivity contribution in [2.45, 2.75) is 38.0 Å². The molecule has 4 N–H and O–H groups in total. The Morgan fingerprint density at radius 1 is 1.09 bits per heavy atom. The number of alkyl halides is 3. The predicted octanol–water partition coefficient (Wildman–Crippen LogP) is 6.24. The van der Waals surface area contributed by atoms with Gasteiger partial charge in [-0.2, -0.15) is 13.2 Å². The molecule has 1 aliphatic heterocycles. The number of halogens is 4. The van der Waals surface area contributed by atoms with Crippen molar-refractivity contribution in [1.82, 2.24) is 20.9 Å². The molecule has 0 saturated carbocycles. The number of hydrogen-bond acceptors (Lipinski definition) is 3. The largest absolute Gasteiger partial charge is 0.416 e. The van der Waals surface area contributed by atoms with Crippen LogP contribution in [-0.2, 0) is 23.9 Å². The van der Waals surface area contributed by atoms with Crippen LogP contribution in [0.25, 0.3) is 10.9 Å². The molecule has 5 rings (SSSR count). The molecule has 0 saturated heterocycles. The van der Waals surface area contributed by atoms with Crippen LogP contribution in [0.3, 0.4) is 0 Å². The highest BCUT2D eigenvalue weighted by Crippen LogP contribution is 2.35. The minimum atomic E-state index is -4.44. The number of benzene rings is 3. The third-order valence-electron chi connectivity index (χ3n) is 7.94. The zero-order valence-electron chi connectivity index (χ0n) is 23.8. The van der Waals surface area contributed by atoms with Crippen molar-refractivity contribution in [1.29, 1.82) is 0 Å². The van der Waals surface area contributed by atoms with Crippen LogP contribution in [0.1, 0.15) is 35.1 Å². The molecule has 2 unspecified atom stereocenters. The lowest BCUT2D eigenvalue weighted by atomic mass is 9.88. The fraction of sp³-hybridized carbons (Fsp3) is 0.312. The molecule has 0 bridgehead atoms. The summed E-state index contributed by atoms with van der Waals surface area (Å²) in [6.07, 6.45) is -1.84. The minimum Gasteiger partial charge on any atom is -0.361 e. The number of carbonyl (C=O) groups excluding carboxylic acids is 2. The van der Waals surface area contributed by atoms with E-state index in [2.05, 4.69) is 20.9 Å². The van der Waals surface area contributed by atoms with Crippen LogP contribution in [0.4, 0.5) is 23.7 Å². The molecule has 0 spiro atoms. The van der Waals surface area contributed by atoms with Gasteiger partial charge in [0.15, 0.2) is 0 Å². The smallest absolute Gasteiger partial charge is 0.361 e. The third kappa shape index (κ3) is 6.81. The van der Waals surface area contributed by atoms with Gasteiger partial charge in [-0.25, -0.2) is 4.79 Å². The molecule has 7 nitrogen and oxygen atoms in total. The van der Waals surface area contributed by atoms with Gasteiger partial charge in [-0.15, -0.1) is 0 Å². The lowest BCUT2D eigenvalue weighted by Crippen LogP contribution is -2.55. The highest BCUT2D eigenvalue weighted by molar-refractivity contribution is 6.30. The van der Waals surface area contributed by atoms with E-state index in [1.807, 2.05) is 56.6 Å². The number of fused-ring (bicyclic) bond motifs is 2. The lowest BCUT2D eigenvalue weighted by Gasteiger charge is -2.38. The van der Waals surface area contributed by atoms with Crippen molar-refractivity contribution in [3.05, 3.63) is 100 Å². The van der Waals surface area contributed by atoms with Gasteiger partial charge in [-0.05, 0) is 79.0 Å². The van der Waals surface area contributed by atoms with E-state index in [-0.39, 0.29) is 18.4 Å². The quantitative estimate of drug-likeness (QED) is 0.190. The van der Waals surface area contributed by atoms with E-state index in [4.69, 9.17) is 11.6 Å². The van der Waals surface area contributed by atoms with Crippen molar-refractivity contribution >= 4 is 40.1 Å². The average molecular weight is 612 g/mol. The number of aromatic nitrogens is 1. The first-order chi connectivity index (χ1) is 20.5. The van der Waals surface area contributed by atoms with Crippen LogP contribution in [0.5, 0.6) is 0 Å². The van der Waals surface area contributed by atoms with Crippen LogP contribution in [0.15, 0.2) is 72.9 Å². The Morgan fingerprint density at radius 3 is 2.56 bits per heavy atom. The van der Waals surface area contributed by atoms with E-state index in [0.717, 1.165) is 46.3 Å². The van der Waals surface area contributed by atoms with Crippen molar-refractivity contribution < 1.29 is 22.8 Å². The van der Waals surface area contributed by atoms with Gasteiger partial charge in [0.05, 0.1) is 5.56 Å². The van der Waals surface area contributed by atoms with Gasteiger partial charge >= 0.3 is 12.2 Å². The number of nitrogens with one attached hydrogen (secondary N) is 4. The molecule has 226 valence electrons. The maximum Gasteiger partial charge on any atom is 0.416 e. The molecule has 0 fully saturated rings. The molecular weight excluding hydrogens is 579 g/mol. The van der Waals surface area contributed by atoms with Crippen molar-refractivity contribution in [2.75, 3.05) is 25.0 Å². The second-order valence-corrected chi connectivity index (χ2v) is 11.4. The molecule has 43 heavy (non-hydrogen) atoms. The molecule has 3 atom stereocenters. The second-order valence-electron chi connectivity index (χ2n) is 10.9. The standard InChI is InChI=1S/C32H33ClF3N5O2/c1-19(26-17-38-27-6-4-3-5-25(26)27)29(40-31(43)39-16-20-7-9-23(10-8-20)32(34,35)36)30(42)41-18-21(15-37-2)13-22-14-24(33)11-12-28(22)41/h3-12,14,17,19,21,29,37-38H,13,15-16,18H2,1-2H3,(H2,39,40,43)/t19?,21-,29?/m1/s1. The fourth-order valence-corrected chi connectivity index (χ4v) is 5.95. The van der Waals surface area contributed by atoms with Crippen molar-refractivity contribution in [3.8, 4) is 0 Å². The molecule has 1 aromatic heterocycles. The molecule has 0 radical (unpaired) electrons. The first-order valence-electron chi connectivity index (χ1n) is 14.1. The van der Waals surface area contributed by atoms with Gasteiger partial charge in [0.25, 0.3) is 0 Å². The maximum absolute atomic E-state index is 14.4. The maximum atomic E-state index is 14.4. The number of aromatic amines is 1. The number of hydrogen-bond donors (Lipinski definition) is 4. The van der Waals surface area contributed by atoms with Gasteiger partial charge in [-0.1, -0.05) is 48.9 Å². The molecule has 2 heterocycles. The summed E-state index contributed by atoms with van der Waals surface area (Å²) in [5.41, 5.74) is 3.22. The number of para-hydroxylation sites is 1. The minimum absolute atomic E-state index is 0.0123. The van der Waals surface area contributed by atoms with Crippen LogP contribution >= 0.6 is 11.6 Å². The van der Waals surface area contributed by atoms with Crippen LogP contribution < -0.4 is 20.9 Å². The Labute approximate surface area is 252 Å². The summed E-state index contributed by atoms with van der Waals surface area (Å²) >= 11 is 6.31. The number of urea groups is 1. The number of anilines is 1. The number of nitrogens with zero attached hydrogens (tertiary/aromatic N) is 1. The number of H-pyrrole nitrogens is 1. The SMILES string of the molecule is CNC[C@H]1Cc2cc(Cl)ccc2N(C(=O)C(NC(=O)NCc2ccc(C(F)(F)F)cc2)C(C)c2c[nH]c3ccccc23)C1. The van der Waals surface area contributed by atoms with E-state index in [1.165, 1.54) is 12.1 Å². The summed E-state index contributed by atoms with van der Waals surface area (Å²) in [7, 11) is 1.87. The topological polar surface area (TPSA) is 89.3 Å². The van der Waals surface area contributed by atoms with Gasteiger partial charge < -0.3 is 25.8 Å². The first-order valence-corrected chi connectivity index (χ1v) is 14.4. The molecular formula is C32H33ClF3N5O2. The van der Waals surface area contributed by atoms with E-state index in [0.29, 0.717) is 23.7 Å². The lowest BCUT2D eigenvalue weighted by molar-refractivity contribution is -0.137. The number of carbonyl (C=O) groups is 2. The van der Waals surface area contributed by atoms with Gasteiger partial charge in [0.2, 0.25) is 5.91 Å². The summed E-state index contributed by atoms with van der Waals surface area (Å²) in [6, 6.07) is 16.2. The molecule has 11 heteroatoms. The first kappa shape index (κ1) is 30.4. The Balaban J connectivity index is 1.42. The Hall–Kier alpha value is -4.02. The molecule has 1 aliphatic rings. The molecule has 4 aromatic rings. The van der Waals surface area contributed by atoms with E-state index >= 15 is 0 Å². The van der Waals surface area contributed by atoms with E-state index in [9.17, 15) is 22.8 Å². The fourth-order valence-electron chi connectivity index (χ4n) is 5.75. The second kappa shape index (κ2) is 12.7. The summed E-state index contributed by atoms with van der Waals surface area (Å²) < 4.78 is 38.8. The number of rotatable bonds is 8. The van der Waals surface area contributed by atoms with Crippen LogP contribution in [0, 0.1) is 5.92 Å². The zero-order valence-corrected chi connectivity index (χ0v) is 24.5. The van der Waals surface area contributed by atoms with Crippen LogP contribution in [0.2, 0.25) is 5.02 Å².